The summed E-state index contributed by atoms with van der Waals surface area (Å²) in [5.74, 6) is -1.21. The highest BCUT2D eigenvalue weighted by molar-refractivity contribution is 6.08. The molecule has 8 heteroatoms. The molecule has 0 saturated carbocycles. The number of hydrogen-bond donors (Lipinski definition) is 2. The molecule has 2 saturated heterocycles. The number of piperidine rings is 1. The van der Waals surface area contributed by atoms with Crippen molar-refractivity contribution >= 4 is 29.3 Å². The summed E-state index contributed by atoms with van der Waals surface area (Å²) >= 11 is 0. The lowest BCUT2D eigenvalue weighted by Crippen LogP contribution is -2.54. The largest absolute Gasteiger partial charge is 0.351 e. The smallest absolute Gasteiger partial charge is 0.243 e. The number of anilines is 1. The third-order valence-electron chi connectivity index (χ3n) is 7.21. The molecule has 0 spiro atoms. The van der Waals surface area contributed by atoms with Gasteiger partial charge in [-0.15, -0.1) is 0 Å². The van der Waals surface area contributed by atoms with Gasteiger partial charge in [0.2, 0.25) is 23.6 Å². The first kappa shape index (κ1) is 25.1. The Balaban J connectivity index is 1.31. The van der Waals surface area contributed by atoms with Gasteiger partial charge >= 0.3 is 0 Å². The number of carbonyl (C=O) groups is 4. The Kier molecular flexibility index (Phi) is 8.00. The highest BCUT2D eigenvalue weighted by atomic mass is 16.2. The molecular weight excluding hydrogens is 444 g/mol. The molecule has 1 aliphatic carbocycles. The molecule has 4 rings (SSSR count). The highest BCUT2D eigenvalue weighted by Crippen LogP contribution is 2.37. The summed E-state index contributed by atoms with van der Waals surface area (Å²) in [7, 11) is 0. The third kappa shape index (κ3) is 5.99. The lowest BCUT2D eigenvalue weighted by molar-refractivity contribution is -0.148. The molecule has 4 amide bonds. The van der Waals surface area contributed by atoms with E-state index in [-0.39, 0.29) is 47.4 Å². The molecular formula is C27H36N4O4. The van der Waals surface area contributed by atoms with E-state index >= 15 is 0 Å². The van der Waals surface area contributed by atoms with Crippen LogP contribution in [0.2, 0.25) is 0 Å². The van der Waals surface area contributed by atoms with E-state index in [1.165, 1.54) is 4.90 Å². The van der Waals surface area contributed by atoms with Crippen LogP contribution >= 0.6 is 0 Å². The summed E-state index contributed by atoms with van der Waals surface area (Å²) in [5.41, 5.74) is 0.775. The quantitative estimate of drug-likeness (QED) is 0.440. The third-order valence-corrected chi connectivity index (χ3v) is 7.21. The van der Waals surface area contributed by atoms with Crippen molar-refractivity contribution in [2.45, 2.75) is 58.0 Å². The average molecular weight is 481 g/mol. The minimum absolute atomic E-state index is 0.0395. The van der Waals surface area contributed by atoms with Gasteiger partial charge in [0.05, 0.1) is 18.4 Å². The van der Waals surface area contributed by atoms with E-state index in [1.54, 1.807) is 0 Å². The molecule has 0 aromatic heterocycles. The van der Waals surface area contributed by atoms with E-state index in [1.807, 2.05) is 56.3 Å². The Morgan fingerprint density at radius 3 is 2.14 bits per heavy atom. The summed E-state index contributed by atoms with van der Waals surface area (Å²) in [6, 6.07) is 8.57. The Bertz CT molecular complexity index is 943. The average Bonchev–Trinajstić information content (AvgIpc) is 3.09. The second-order valence-electron chi connectivity index (χ2n) is 10.3. The Labute approximate surface area is 207 Å². The molecule has 3 atom stereocenters. The zero-order chi connectivity index (χ0) is 24.9. The fraction of sp³-hybridized carbons (Fsp3) is 0.556. The summed E-state index contributed by atoms with van der Waals surface area (Å²) in [6.45, 7) is 5.69. The van der Waals surface area contributed by atoms with Crippen LogP contribution in [0, 0.1) is 17.8 Å². The van der Waals surface area contributed by atoms with E-state index in [2.05, 4.69) is 15.5 Å². The first-order valence-electron chi connectivity index (χ1n) is 12.7. The van der Waals surface area contributed by atoms with Crippen molar-refractivity contribution < 1.29 is 19.2 Å². The maximum Gasteiger partial charge on any atom is 0.243 e. The number of para-hydroxylation sites is 1. The van der Waals surface area contributed by atoms with Crippen LogP contribution in [0.15, 0.2) is 42.5 Å². The number of benzene rings is 1. The number of hydrogen-bond acceptors (Lipinski definition) is 5. The van der Waals surface area contributed by atoms with Crippen LogP contribution in [0.5, 0.6) is 0 Å². The molecule has 188 valence electrons. The van der Waals surface area contributed by atoms with Crippen LogP contribution in [-0.4, -0.2) is 65.1 Å². The van der Waals surface area contributed by atoms with Gasteiger partial charge in [-0.3, -0.25) is 29.0 Å². The van der Waals surface area contributed by atoms with Crippen molar-refractivity contribution in [3.05, 3.63) is 42.5 Å². The monoisotopic (exact) mass is 480 g/mol. The number of nitrogens with one attached hydrogen (secondary N) is 2. The Hall–Kier alpha value is -3.00. The maximum absolute atomic E-state index is 13.3. The summed E-state index contributed by atoms with van der Waals surface area (Å²) in [4.78, 5) is 55.2. The highest BCUT2D eigenvalue weighted by Gasteiger charge is 2.51. The second-order valence-corrected chi connectivity index (χ2v) is 10.3. The number of carbonyl (C=O) groups excluding carboxylic acids is 4. The molecule has 1 aromatic carbocycles. The molecule has 2 N–H and O–H groups in total. The van der Waals surface area contributed by atoms with E-state index < -0.39 is 6.04 Å². The van der Waals surface area contributed by atoms with E-state index in [4.69, 9.17) is 0 Å². The molecule has 0 unspecified atom stereocenters. The zero-order valence-electron chi connectivity index (χ0n) is 20.6. The van der Waals surface area contributed by atoms with Gasteiger partial charge in [0, 0.05) is 24.8 Å². The van der Waals surface area contributed by atoms with E-state index in [9.17, 15) is 19.2 Å². The Morgan fingerprint density at radius 2 is 1.57 bits per heavy atom. The summed E-state index contributed by atoms with van der Waals surface area (Å²) in [5, 5.41) is 6.01. The molecule has 3 aliphatic rings. The van der Waals surface area contributed by atoms with Gasteiger partial charge in [-0.2, -0.15) is 0 Å². The number of amides is 4. The molecule has 0 radical (unpaired) electrons. The van der Waals surface area contributed by atoms with Crippen molar-refractivity contribution in [3.63, 3.8) is 0 Å². The van der Waals surface area contributed by atoms with E-state index in [0.29, 0.717) is 38.9 Å². The van der Waals surface area contributed by atoms with Gasteiger partial charge in [-0.05, 0) is 50.2 Å². The molecule has 1 aromatic rings. The normalized spacial score (nSPS) is 23.9. The number of imide groups is 1. The van der Waals surface area contributed by atoms with Crippen molar-refractivity contribution in [2.75, 3.05) is 25.0 Å². The van der Waals surface area contributed by atoms with Gasteiger partial charge < -0.3 is 10.6 Å². The molecule has 0 bridgehead atoms. The SMILES string of the molecule is CC(C)C[C@H](C(=O)NC1CCN(CC(=O)Nc2ccccc2)CC1)N1C(=O)[C@H]2CC=CC[C@H]2C1=O. The topological polar surface area (TPSA) is 98.8 Å². The standard InChI is InChI=1S/C27H36N4O4/c1-18(2)16-23(31-26(34)21-10-6-7-11-22(21)27(31)35)25(33)29-20-12-14-30(15-13-20)17-24(32)28-19-8-4-3-5-9-19/h3-9,18,20-23H,10-17H2,1-2H3,(H,28,32)(H,29,33)/t21-,22+,23-/m1/s1. The van der Waals surface area contributed by atoms with Crippen LogP contribution < -0.4 is 10.6 Å². The van der Waals surface area contributed by atoms with Gasteiger partial charge in [0.25, 0.3) is 0 Å². The summed E-state index contributed by atoms with van der Waals surface area (Å²) < 4.78 is 0. The van der Waals surface area contributed by atoms with Crippen LogP contribution in [0.1, 0.15) is 46.0 Å². The lowest BCUT2D eigenvalue weighted by Gasteiger charge is -2.34. The maximum atomic E-state index is 13.3. The minimum Gasteiger partial charge on any atom is -0.351 e. The van der Waals surface area contributed by atoms with Gasteiger partial charge in [0.1, 0.15) is 6.04 Å². The van der Waals surface area contributed by atoms with Crippen LogP contribution in [0.25, 0.3) is 0 Å². The first-order valence-corrected chi connectivity index (χ1v) is 12.7. The first-order chi connectivity index (χ1) is 16.8. The fourth-order valence-electron chi connectivity index (χ4n) is 5.37. The molecule has 2 aliphatic heterocycles. The predicted molar refractivity (Wildman–Crippen MR) is 133 cm³/mol. The minimum atomic E-state index is -0.768. The number of nitrogens with zero attached hydrogens (tertiary/aromatic N) is 2. The van der Waals surface area contributed by atoms with Gasteiger partial charge in [-0.25, -0.2) is 0 Å². The van der Waals surface area contributed by atoms with Crippen LogP contribution in [-0.2, 0) is 19.2 Å². The fourth-order valence-corrected chi connectivity index (χ4v) is 5.37. The number of likely N-dealkylation sites (tertiary alicyclic amines) is 2. The van der Waals surface area contributed by atoms with Gasteiger partial charge in [-0.1, -0.05) is 44.2 Å². The van der Waals surface area contributed by atoms with Gasteiger partial charge in [0.15, 0.2) is 0 Å². The van der Waals surface area contributed by atoms with Crippen LogP contribution in [0.4, 0.5) is 5.69 Å². The molecule has 8 nitrogen and oxygen atoms in total. The van der Waals surface area contributed by atoms with Crippen molar-refractivity contribution in [3.8, 4) is 0 Å². The number of allylic oxidation sites excluding steroid dienone is 2. The number of rotatable bonds is 8. The van der Waals surface area contributed by atoms with Crippen molar-refractivity contribution in [1.29, 1.82) is 0 Å². The van der Waals surface area contributed by atoms with Crippen molar-refractivity contribution in [2.24, 2.45) is 17.8 Å². The zero-order valence-corrected chi connectivity index (χ0v) is 20.6. The lowest BCUT2D eigenvalue weighted by atomic mass is 9.85. The van der Waals surface area contributed by atoms with E-state index in [0.717, 1.165) is 18.5 Å². The summed E-state index contributed by atoms with van der Waals surface area (Å²) in [6.07, 6.45) is 6.94. The van der Waals surface area contributed by atoms with Crippen LogP contribution in [0.3, 0.4) is 0 Å². The molecule has 2 fully saturated rings. The second kappa shape index (κ2) is 11.2. The molecule has 2 heterocycles. The number of fused-ring (bicyclic) bond motifs is 1. The molecule has 35 heavy (non-hydrogen) atoms. The Morgan fingerprint density at radius 1 is 0.971 bits per heavy atom. The predicted octanol–water partition coefficient (Wildman–Crippen LogP) is 2.57. The van der Waals surface area contributed by atoms with Crippen molar-refractivity contribution in [1.82, 2.24) is 15.1 Å².